The topological polar surface area (TPSA) is 113 Å². The number of sulfonamides is 1. The summed E-state index contributed by atoms with van der Waals surface area (Å²) in [6, 6.07) is 4.64. The number of nitrogens with two attached hydrogens (primary N) is 1. The van der Waals surface area contributed by atoms with Gasteiger partial charge in [0.25, 0.3) is 5.91 Å². The van der Waals surface area contributed by atoms with Gasteiger partial charge in [0.1, 0.15) is 10.6 Å². The number of aromatic nitrogens is 1. The molecule has 0 fully saturated rings. The molecular weight excluding hydrogens is 374 g/mol. The van der Waals surface area contributed by atoms with E-state index in [9.17, 15) is 17.4 Å². The number of fused-ring (bicyclic) bond motifs is 1. The summed E-state index contributed by atoms with van der Waals surface area (Å²) >= 11 is 5.97. The van der Waals surface area contributed by atoms with Gasteiger partial charge in [-0.3, -0.25) is 9.00 Å². The molecule has 3 N–H and O–H groups in total. The Morgan fingerprint density at radius 1 is 1.42 bits per heavy atom. The number of amides is 1. The molecule has 1 aromatic carbocycles. The summed E-state index contributed by atoms with van der Waals surface area (Å²) in [6.45, 7) is 1.92. The lowest BCUT2D eigenvalue weighted by atomic mass is 10.2. The Hall–Kier alpha value is -1.42. The third kappa shape index (κ3) is 3.64. The zero-order valence-corrected chi connectivity index (χ0v) is 15.6. The molecule has 1 unspecified atom stereocenters. The van der Waals surface area contributed by atoms with E-state index in [1.165, 1.54) is 16.6 Å². The molecule has 0 bridgehead atoms. The van der Waals surface area contributed by atoms with Crippen molar-refractivity contribution in [1.82, 2.24) is 9.29 Å². The monoisotopic (exact) mass is 391 g/mol. The van der Waals surface area contributed by atoms with Crippen LogP contribution in [-0.4, -0.2) is 52.9 Å². The summed E-state index contributed by atoms with van der Waals surface area (Å²) in [6.07, 6.45) is 1.50. The number of benzene rings is 1. The highest BCUT2D eigenvalue weighted by molar-refractivity contribution is 7.89. The van der Waals surface area contributed by atoms with Gasteiger partial charge in [-0.15, -0.1) is 0 Å². The van der Waals surface area contributed by atoms with Gasteiger partial charge < -0.3 is 10.7 Å². The number of nitrogens with one attached hydrogen (secondary N) is 1. The molecular formula is C14H18ClN3O4S2. The lowest BCUT2D eigenvalue weighted by Gasteiger charge is -2.20. The van der Waals surface area contributed by atoms with Crippen LogP contribution in [0.25, 0.3) is 10.9 Å². The highest BCUT2D eigenvalue weighted by atomic mass is 35.5. The Balaban J connectivity index is 2.67. The molecule has 10 heteroatoms. The van der Waals surface area contributed by atoms with Crippen LogP contribution in [0.3, 0.4) is 0 Å². The molecule has 24 heavy (non-hydrogen) atoms. The van der Waals surface area contributed by atoms with Crippen molar-refractivity contribution in [2.24, 2.45) is 5.73 Å². The molecule has 0 aliphatic carbocycles. The van der Waals surface area contributed by atoms with Crippen LogP contribution >= 0.6 is 11.6 Å². The predicted octanol–water partition coefficient (Wildman–Crippen LogP) is 1.31. The highest BCUT2D eigenvalue weighted by Gasteiger charge is 2.31. The van der Waals surface area contributed by atoms with Gasteiger partial charge in [0, 0.05) is 51.8 Å². The zero-order valence-electron chi connectivity index (χ0n) is 13.2. The summed E-state index contributed by atoms with van der Waals surface area (Å²) in [5, 5.41) is 0.638. The smallest absolute Gasteiger partial charge is 0.266 e. The molecule has 1 heterocycles. The number of nitrogens with zero attached hydrogens (tertiary/aromatic N) is 1. The first-order valence-corrected chi connectivity index (χ1v) is 10.6. The van der Waals surface area contributed by atoms with Crippen molar-refractivity contribution in [2.45, 2.75) is 11.8 Å². The Bertz CT molecular complexity index is 908. The summed E-state index contributed by atoms with van der Waals surface area (Å²) in [4.78, 5) is 14.3. The molecule has 2 aromatic rings. The van der Waals surface area contributed by atoms with E-state index in [1.54, 1.807) is 19.1 Å². The van der Waals surface area contributed by atoms with Crippen molar-refractivity contribution in [3.8, 4) is 0 Å². The first-order valence-electron chi connectivity index (χ1n) is 7.09. The lowest BCUT2D eigenvalue weighted by Crippen LogP contribution is -2.35. The maximum Gasteiger partial charge on any atom is 0.266 e. The molecule has 0 radical (unpaired) electrons. The van der Waals surface area contributed by atoms with Crippen molar-refractivity contribution in [3.63, 3.8) is 0 Å². The lowest BCUT2D eigenvalue weighted by molar-refractivity contribution is 0.0993. The Kier molecular flexibility index (Phi) is 5.69. The molecule has 1 amide bonds. The van der Waals surface area contributed by atoms with Gasteiger partial charge in [-0.25, -0.2) is 8.42 Å². The second-order valence-corrected chi connectivity index (χ2v) is 9.02. The molecule has 2 rings (SSSR count). The van der Waals surface area contributed by atoms with Gasteiger partial charge in [0.05, 0.1) is 0 Å². The Morgan fingerprint density at radius 2 is 2.08 bits per heavy atom. The highest BCUT2D eigenvalue weighted by Crippen LogP contribution is 2.31. The van der Waals surface area contributed by atoms with E-state index < -0.39 is 26.7 Å². The van der Waals surface area contributed by atoms with E-state index >= 15 is 0 Å². The molecule has 0 aliphatic rings. The number of halogens is 1. The zero-order chi connectivity index (χ0) is 18.1. The van der Waals surface area contributed by atoms with Crippen molar-refractivity contribution in [3.05, 3.63) is 28.9 Å². The Labute approximate surface area is 147 Å². The summed E-state index contributed by atoms with van der Waals surface area (Å²) in [5.41, 5.74) is 5.60. The summed E-state index contributed by atoms with van der Waals surface area (Å²) < 4.78 is 38.6. The van der Waals surface area contributed by atoms with Crippen molar-refractivity contribution in [1.29, 1.82) is 0 Å². The number of rotatable bonds is 7. The van der Waals surface area contributed by atoms with E-state index in [0.29, 0.717) is 15.9 Å². The molecule has 7 nitrogen and oxygen atoms in total. The molecule has 0 saturated carbocycles. The van der Waals surface area contributed by atoms with Crippen LogP contribution in [0, 0.1) is 0 Å². The average Bonchev–Trinajstić information content (AvgIpc) is 2.86. The van der Waals surface area contributed by atoms with E-state index in [-0.39, 0.29) is 29.4 Å². The van der Waals surface area contributed by atoms with E-state index in [1.807, 2.05) is 0 Å². The number of carbonyl (C=O) groups excluding carboxylic acids is 1. The van der Waals surface area contributed by atoms with Crippen LogP contribution in [0.15, 0.2) is 23.1 Å². The number of hydrogen-bond acceptors (Lipinski definition) is 4. The number of carbonyl (C=O) groups is 1. The van der Waals surface area contributed by atoms with E-state index in [0.717, 1.165) is 0 Å². The fraction of sp³-hybridized carbons (Fsp3) is 0.357. The van der Waals surface area contributed by atoms with Gasteiger partial charge >= 0.3 is 0 Å². The summed E-state index contributed by atoms with van der Waals surface area (Å²) in [5.74, 6) is -0.682. The maximum absolute atomic E-state index is 13.0. The van der Waals surface area contributed by atoms with Gasteiger partial charge in [0.15, 0.2) is 0 Å². The Morgan fingerprint density at radius 3 is 2.62 bits per heavy atom. The van der Waals surface area contributed by atoms with Gasteiger partial charge in [-0.1, -0.05) is 18.5 Å². The first kappa shape index (κ1) is 18.9. The number of aromatic amines is 1. The van der Waals surface area contributed by atoms with E-state index in [4.69, 9.17) is 17.3 Å². The minimum Gasteiger partial charge on any atom is -0.364 e. The second kappa shape index (κ2) is 7.22. The minimum atomic E-state index is -4.01. The quantitative estimate of drug-likeness (QED) is 0.740. The molecule has 0 spiro atoms. The van der Waals surface area contributed by atoms with Gasteiger partial charge in [-0.2, -0.15) is 4.31 Å². The molecule has 132 valence electrons. The fourth-order valence-electron chi connectivity index (χ4n) is 2.39. The molecule has 1 aromatic heterocycles. The normalized spacial score (nSPS) is 13.5. The maximum atomic E-state index is 13.0. The van der Waals surface area contributed by atoms with Crippen LogP contribution in [0.5, 0.6) is 0 Å². The van der Waals surface area contributed by atoms with Crippen LogP contribution < -0.4 is 5.73 Å². The third-order valence-corrected chi connectivity index (χ3v) is 6.59. The standard InChI is InChI=1S/C14H18ClN3O4S2/c1-3-18(6-7-23(2)20)24(21,22)13-10-8-9(15)4-5-11(10)17-12(13)14(16)19/h4-5,8,17H,3,6-7H2,1-2H3,(H2,16,19). The molecule has 0 aliphatic heterocycles. The van der Waals surface area contributed by atoms with E-state index in [2.05, 4.69) is 4.98 Å². The van der Waals surface area contributed by atoms with Crippen LogP contribution in [0.1, 0.15) is 17.4 Å². The fourth-order valence-corrected chi connectivity index (χ4v) is 4.94. The van der Waals surface area contributed by atoms with Crippen LogP contribution in [0.4, 0.5) is 0 Å². The number of H-pyrrole nitrogens is 1. The van der Waals surface area contributed by atoms with Crippen molar-refractivity contribution >= 4 is 49.2 Å². The largest absolute Gasteiger partial charge is 0.364 e. The average molecular weight is 392 g/mol. The summed E-state index contributed by atoms with van der Waals surface area (Å²) in [7, 11) is -5.16. The van der Waals surface area contributed by atoms with Gasteiger partial charge in [-0.05, 0) is 18.2 Å². The number of hydrogen-bond donors (Lipinski definition) is 2. The molecule has 1 atom stereocenters. The second-order valence-electron chi connectivity index (χ2n) is 5.16. The predicted molar refractivity (Wildman–Crippen MR) is 95.2 cm³/mol. The van der Waals surface area contributed by atoms with Gasteiger partial charge in [0.2, 0.25) is 10.0 Å². The SMILES string of the molecule is CCN(CCS(C)=O)S(=O)(=O)c1c(C(N)=O)[nH]c2ccc(Cl)cc12. The first-order chi connectivity index (χ1) is 11.2. The molecule has 0 saturated heterocycles. The number of primary amides is 1. The third-order valence-electron chi connectivity index (χ3n) is 3.54. The van der Waals surface area contributed by atoms with Crippen molar-refractivity contribution < 1.29 is 17.4 Å². The van der Waals surface area contributed by atoms with Crippen molar-refractivity contribution in [2.75, 3.05) is 25.1 Å². The minimum absolute atomic E-state index is 0.0768. The van der Waals surface area contributed by atoms with Crippen LogP contribution in [-0.2, 0) is 20.8 Å². The van der Waals surface area contributed by atoms with Crippen LogP contribution in [0.2, 0.25) is 5.02 Å².